The molecule has 0 saturated carbocycles. The minimum absolute atomic E-state index is 0.243. The van der Waals surface area contributed by atoms with Gasteiger partial charge in [-0.1, -0.05) is 28.1 Å². The lowest BCUT2D eigenvalue weighted by molar-refractivity contribution is 0.415. The Balaban J connectivity index is 2.49. The van der Waals surface area contributed by atoms with E-state index in [1.807, 2.05) is 30.3 Å². The van der Waals surface area contributed by atoms with Crippen LogP contribution in [0.4, 0.5) is 0 Å². The lowest BCUT2D eigenvalue weighted by Gasteiger charge is -2.06. The molecular weight excluding hydrogens is 268 g/mol. The molecule has 3 heteroatoms. The Morgan fingerprint density at radius 3 is 2.56 bits per heavy atom. The summed E-state index contributed by atoms with van der Waals surface area (Å²) >= 11 is 3.35. The molecule has 0 heterocycles. The van der Waals surface area contributed by atoms with Crippen molar-refractivity contribution < 1.29 is 9.84 Å². The first-order chi connectivity index (χ1) is 7.69. The summed E-state index contributed by atoms with van der Waals surface area (Å²) in [6.45, 7) is 0. The zero-order valence-corrected chi connectivity index (χ0v) is 10.4. The summed E-state index contributed by atoms with van der Waals surface area (Å²) in [5.74, 6) is 1.05. The molecule has 2 aromatic carbocycles. The van der Waals surface area contributed by atoms with Gasteiger partial charge in [-0.05, 0) is 41.5 Å². The third-order valence-corrected chi connectivity index (χ3v) is 2.74. The van der Waals surface area contributed by atoms with Crippen LogP contribution in [-0.4, -0.2) is 12.2 Å². The summed E-state index contributed by atoms with van der Waals surface area (Å²) in [5, 5.41) is 9.52. The molecule has 0 saturated heterocycles. The molecule has 0 amide bonds. The average Bonchev–Trinajstić information content (AvgIpc) is 2.28. The highest BCUT2D eigenvalue weighted by molar-refractivity contribution is 9.10. The smallest absolute Gasteiger partial charge is 0.119 e. The van der Waals surface area contributed by atoms with Crippen LogP contribution in [0.2, 0.25) is 0 Å². The Morgan fingerprint density at radius 2 is 1.88 bits per heavy atom. The number of halogens is 1. The molecule has 0 aliphatic heterocycles. The molecular formula is C13H11BrO2. The number of benzene rings is 2. The zero-order valence-electron chi connectivity index (χ0n) is 8.77. The van der Waals surface area contributed by atoms with Gasteiger partial charge in [0.1, 0.15) is 11.5 Å². The van der Waals surface area contributed by atoms with Crippen LogP contribution < -0.4 is 4.74 Å². The summed E-state index contributed by atoms with van der Waals surface area (Å²) < 4.78 is 6.01. The number of phenolic OH excluding ortho intramolecular Hbond substituents is 1. The van der Waals surface area contributed by atoms with Crippen molar-refractivity contribution in [3.05, 3.63) is 46.9 Å². The highest BCUT2D eigenvalue weighted by atomic mass is 79.9. The van der Waals surface area contributed by atoms with Crippen molar-refractivity contribution >= 4 is 15.9 Å². The van der Waals surface area contributed by atoms with Crippen molar-refractivity contribution in [3.63, 3.8) is 0 Å². The maximum Gasteiger partial charge on any atom is 0.119 e. The van der Waals surface area contributed by atoms with Crippen LogP contribution in [0.5, 0.6) is 11.5 Å². The molecule has 0 radical (unpaired) electrons. The Kier molecular flexibility index (Phi) is 3.15. The Bertz CT molecular complexity index is 489. The molecule has 0 fully saturated rings. The van der Waals surface area contributed by atoms with Gasteiger partial charge in [0.05, 0.1) is 7.11 Å². The van der Waals surface area contributed by atoms with Gasteiger partial charge >= 0.3 is 0 Å². The van der Waals surface area contributed by atoms with Crippen molar-refractivity contribution in [1.29, 1.82) is 0 Å². The number of aromatic hydroxyl groups is 1. The molecule has 2 nitrogen and oxygen atoms in total. The van der Waals surface area contributed by atoms with Gasteiger partial charge in [-0.15, -0.1) is 0 Å². The van der Waals surface area contributed by atoms with E-state index in [9.17, 15) is 5.11 Å². The quantitative estimate of drug-likeness (QED) is 0.905. The molecule has 0 atom stereocenters. The SMILES string of the molecule is COc1cccc(-c2cc(O)cc(Br)c2)c1. The number of hydrogen-bond donors (Lipinski definition) is 1. The van der Waals surface area contributed by atoms with E-state index in [4.69, 9.17) is 4.74 Å². The Labute approximate surface area is 103 Å². The van der Waals surface area contributed by atoms with Crippen molar-refractivity contribution in [2.45, 2.75) is 0 Å². The van der Waals surface area contributed by atoms with E-state index in [1.54, 1.807) is 19.2 Å². The van der Waals surface area contributed by atoms with Gasteiger partial charge in [-0.2, -0.15) is 0 Å². The molecule has 0 aliphatic rings. The van der Waals surface area contributed by atoms with Crippen molar-refractivity contribution in [2.24, 2.45) is 0 Å². The normalized spacial score (nSPS) is 10.1. The van der Waals surface area contributed by atoms with Gasteiger partial charge in [0.25, 0.3) is 0 Å². The predicted molar refractivity (Wildman–Crippen MR) is 67.8 cm³/mol. The lowest BCUT2D eigenvalue weighted by Crippen LogP contribution is -1.83. The average molecular weight is 279 g/mol. The third-order valence-electron chi connectivity index (χ3n) is 2.29. The standard InChI is InChI=1S/C13H11BrO2/c1-16-13-4-2-3-9(7-13)10-5-11(14)8-12(15)6-10/h2-8,15H,1H3. The second kappa shape index (κ2) is 4.58. The van der Waals surface area contributed by atoms with E-state index < -0.39 is 0 Å². The fourth-order valence-corrected chi connectivity index (χ4v) is 2.02. The van der Waals surface area contributed by atoms with E-state index in [0.717, 1.165) is 21.3 Å². The number of rotatable bonds is 2. The molecule has 16 heavy (non-hydrogen) atoms. The molecule has 82 valence electrons. The number of phenols is 1. The van der Waals surface area contributed by atoms with Gasteiger partial charge in [-0.25, -0.2) is 0 Å². The van der Waals surface area contributed by atoms with Crippen LogP contribution in [0.25, 0.3) is 11.1 Å². The van der Waals surface area contributed by atoms with Gasteiger partial charge in [0, 0.05) is 4.47 Å². The fourth-order valence-electron chi connectivity index (χ4n) is 1.54. The van der Waals surface area contributed by atoms with E-state index in [-0.39, 0.29) is 5.75 Å². The minimum Gasteiger partial charge on any atom is -0.508 e. The predicted octanol–water partition coefficient (Wildman–Crippen LogP) is 3.83. The van der Waals surface area contributed by atoms with Gasteiger partial charge in [-0.3, -0.25) is 0 Å². The highest BCUT2D eigenvalue weighted by Crippen LogP contribution is 2.29. The van der Waals surface area contributed by atoms with Crippen molar-refractivity contribution in [3.8, 4) is 22.6 Å². The van der Waals surface area contributed by atoms with Crippen molar-refractivity contribution in [2.75, 3.05) is 7.11 Å². The zero-order chi connectivity index (χ0) is 11.5. The van der Waals surface area contributed by atoms with Crippen molar-refractivity contribution in [1.82, 2.24) is 0 Å². The number of methoxy groups -OCH3 is 1. The second-order valence-electron chi connectivity index (χ2n) is 3.43. The summed E-state index contributed by atoms with van der Waals surface area (Å²) in [6.07, 6.45) is 0. The summed E-state index contributed by atoms with van der Waals surface area (Å²) in [7, 11) is 1.64. The van der Waals surface area contributed by atoms with E-state index in [1.165, 1.54) is 0 Å². The Morgan fingerprint density at radius 1 is 1.06 bits per heavy atom. The van der Waals surface area contributed by atoms with E-state index in [0.29, 0.717) is 0 Å². The van der Waals surface area contributed by atoms with Crippen LogP contribution in [0.15, 0.2) is 46.9 Å². The minimum atomic E-state index is 0.243. The molecule has 0 spiro atoms. The highest BCUT2D eigenvalue weighted by Gasteiger charge is 2.02. The summed E-state index contributed by atoms with van der Waals surface area (Å²) in [6, 6.07) is 13.1. The van der Waals surface area contributed by atoms with Crippen LogP contribution >= 0.6 is 15.9 Å². The molecule has 0 aromatic heterocycles. The van der Waals surface area contributed by atoms with Crippen LogP contribution in [0.1, 0.15) is 0 Å². The topological polar surface area (TPSA) is 29.5 Å². The van der Waals surface area contributed by atoms with Crippen LogP contribution in [-0.2, 0) is 0 Å². The first-order valence-electron chi connectivity index (χ1n) is 4.83. The largest absolute Gasteiger partial charge is 0.508 e. The van der Waals surface area contributed by atoms with Gasteiger partial charge < -0.3 is 9.84 Å². The monoisotopic (exact) mass is 278 g/mol. The summed E-state index contributed by atoms with van der Waals surface area (Å²) in [5.41, 5.74) is 1.96. The number of hydrogen-bond acceptors (Lipinski definition) is 2. The van der Waals surface area contributed by atoms with Gasteiger partial charge in [0.15, 0.2) is 0 Å². The molecule has 0 aliphatic carbocycles. The molecule has 2 rings (SSSR count). The molecule has 2 aromatic rings. The summed E-state index contributed by atoms with van der Waals surface area (Å²) in [4.78, 5) is 0. The van der Waals surface area contributed by atoms with E-state index in [2.05, 4.69) is 15.9 Å². The number of ether oxygens (including phenoxy) is 1. The first-order valence-corrected chi connectivity index (χ1v) is 5.62. The maximum atomic E-state index is 9.52. The second-order valence-corrected chi connectivity index (χ2v) is 4.35. The molecule has 0 unspecified atom stereocenters. The first kappa shape index (κ1) is 11.0. The molecule has 0 bridgehead atoms. The Hall–Kier alpha value is -1.48. The van der Waals surface area contributed by atoms with Crippen LogP contribution in [0.3, 0.4) is 0 Å². The van der Waals surface area contributed by atoms with Gasteiger partial charge in [0.2, 0.25) is 0 Å². The van der Waals surface area contributed by atoms with E-state index >= 15 is 0 Å². The van der Waals surface area contributed by atoms with Crippen LogP contribution in [0, 0.1) is 0 Å². The maximum absolute atomic E-state index is 9.52. The third kappa shape index (κ3) is 2.36. The molecule has 1 N–H and O–H groups in total. The lowest BCUT2D eigenvalue weighted by atomic mass is 10.1. The fraction of sp³-hybridized carbons (Fsp3) is 0.0769.